The van der Waals surface area contributed by atoms with Crippen molar-refractivity contribution in [3.63, 3.8) is 0 Å². The molecule has 0 fully saturated rings. The third kappa shape index (κ3) is 4.28. The number of carbonyl (C=O) groups excluding carboxylic acids is 1. The van der Waals surface area contributed by atoms with Crippen molar-refractivity contribution in [3.05, 3.63) is 64.8 Å². The molecule has 0 saturated heterocycles. The Balaban J connectivity index is 1.39. The molecule has 0 bridgehead atoms. The van der Waals surface area contributed by atoms with E-state index in [-0.39, 0.29) is 5.91 Å². The van der Waals surface area contributed by atoms with Crippen LogP contribution < -0.4 is 14.8 Å². The second-order valence-corrected chi connectivity index (χ2v) is 7.76. The number of carbonyl (C=O) groups is 1. The van der Waals surface area contributed by atoms with Gasteiger partial charge in [0.25, 0.3) is 5.91 Å². The number of fused-ring (bicyclic) bond motifs is 1. The number of nitrogens with one attached hydrogen (secondary N) is 1. The van der Waals surface area contributed by atoms with Gasteiger partial charge in [0.2, 0.25) is 5.88 Å². The fourth-order valence-corrected chi connectivity index (χ4v) is 4.13. The smallest absolute Gasteiger partial charge is 0.261 e. The molecule has 154 valence electrons. The summed E-state index contributed by atoms with van der Waals surface area (Å²) in [5.41, 5.74) is 1.83. The predicted molar refractivity (Wildman–Crippen MR) is 116 cm³/mol. The van der Waals surface area contributed by atoms with Gasteiger partial charge >= 0.3 is 0 Å². The third-order valence-electron chi connectivity index (χ3n) is 4.53. The zero-order valence-corrected chi connectivity index (χ0v) is 17.8. The Morgan fingerprint density at radius 3 is 2.67 bits per heavy atom. The number of hydrogen-bond acceptors (Lipinski definition) is 6. The molecule has 0 aliphatic heterocycles. The number of nitrogens with zero attached hydrogens (tertiary/aromatic N) is 3. The quantitative estimate of drug-likeness (QED) is 0.476. The molecule has 0 radical (unpaired) electrons. The van der Waals surface area contributed by atoms with E-state index >= 15 is 0 Å². The Morgan fingerprint density at radius 1 is 1.17 bits per heavy atom. The van der Waals surface area contributed by atoms with Crippen molar-refractivity contribution in [1.29, 1.82) is 0 Å². The van der Waals surface area contributed by atoms with Gasteiger partial charge < -0.3 is 14.8 Å². The van der Waals surface area contributed by atoms with Crippen molar-refractivity contribution in [1.82, 2.24) is 20.1 Å². The second-order valence-electron chi connectivity index (χ2n) is 6.73. The molecule has 30 heavy (non-hydrogen) atoms. The average molecular weight is 423 g/mol. The number of ether oxygens (including phenoxy) is 2. The Bertz CT molecular complexity index is 1150. The summed E-state index contributed by atoms with van der Waals surface area (Å²) >= 11 is 1.44. The maximum Gasteiger partial charge on any atom is 0.261 e. The van der Waals surface area contributed by atoms with Crippen molar-refractivity contribution < 1.29 is 14.3 Å². The highest BCUT2D eigenvalue weighted by atomic mass is 32.1. The first-order valence-electron chi connectivity index (χ1n) is 9.60. The maximum absolute atomic E-state index is 12.6. The first-order valence-corrected chi connectivity index (χ1v) is 10.4. The zero-order valence-electron chi connectivity index (χ0n) is 17.0. The molecule has 3 aromatic heterocycles. The summed E-state index contributed by atoms with van der Waals surface area (Å²) in [4.78, 5) is 18.5. The summed E-state index contributed by atoms with van der Waals surface area (Å²) in [6.07, 6.45) is 1.67. The number of hydrogen-bond donors (Lipinski definition) is 1. The first kappa shape index (κ1) is 19.9. The molecule has 0 spiro atoms. The molecule has 3 heterocycles. The molecular formula is C22H22N4O3S. The van der Waals surface area contributed by atoms with Crippen molar-refractivity contribution in [2.75, 3.05) is 6.61 Å². The lowest BCUT2D eigenvalue weighted by Gasteiger charge is -2.08. The molecule has 1 N–H and O–H groups in total. The average Bonchev–Trinajstić information content (AvgIpc) is 3.30. The van der Waals surface area contributed by atoms with E-state index in [0.717, 1.165) is 27.2 Å². The van der Waals surface area contributed by atoms with E-state index in [9.17, 15) is 4.79 Å². The molecule has 0 aliphatic rings. The van der Waals surface area contributed by atoms with E-state index in [0.29, 0.717) is 29.7 Å². The molecule has 0 saturated carbocycles. The van der Waals surface area contributed by atoms with Gasteiger partial charge in [-0.25, -0.2) is 4.98 Å². The van der Waals surface area contributed by atoms with Crippen LogP contribution in [0.3, 0.4) is 0 Å². The van der Waals surface area contributed by atoms with Gasteiger partial charge in [0.1, 0.15) is 16.3 Å². The van der Waals surface area contributed by atoms with Gasteiger partial charge in [-0.3, -0.25) is 9.48 Å². The van der Waals surface area contributed by atoms with Gasteiger partial charge in [-0.15, -0.1) is 11.3 Å². The Kier molecular flexibility index (Phi) is 5.67. The molecule has 1 amide bonds. The first-order chi connectivity index (χ1) is 14.5. The van der Waals surface area contributed by atoms with Crippen molar-refractivity contribution in [2.24, 2.45) is 7.05 Å². The molecule has 4 rings (SSSR count). The summed E-state index contributed by atoms with van der Waals surface area (Å²) in [6, 6.07) is 12.9. The van der Waals surface area contributed by atoms with Crippen LogP contribution in [0.25, 0.3) is 10.2 Å². The molecule has 8 heteroatoms. The van der Waals surface area contributed by atoms with E-state index in [2.05, 4.69) is 15.4 Å². The van der Waals surface area contributed by atoms with E-state index in [1.54, 1.807) is 10.9 Å². The van der Waals surface area contributed by atoms with Crippen LogP contribution in [0.1, 0.15) is 27.9 Å². The minimum atomic E-state index is -0.110. The van der Waals surface area contributed by atoms with Gasteiger partial charge in [0.15, 0.2) is 0 Å². The second kappa shape index (κ2) is 8.54. The minimum Gasteiger partial charge on any atom is -0.494 e. The van der Waals surface area contributed by atoms with Crippen LogP contribution in [0, 0.1) is 6.92 Å². The van der Waals surface area contributed by atoms with Gasteiger partial charge in [0.05, 0.1) is 17.2 Å². The van der Waals surface area contributed by atoms with Crippen LogP contribution >= 0.6 is 11.3 Å². The Morgan fingerprint density at radius 2 is 1.93 bits per heavy atom. The topological polar surface area (TPSA) is 78.3 Å². The Labute approximate surface area is 178 Å². The molecule has 7 nitrogen and oxygen atoms in total. The number of thiophene rings is 1. The van der Waals surface area contributed by atoms with Crippen LogP contribution in [0.4, 0.5) is 0 Å². The molecule has 0 aliphatic carbocycles. The molecule has 0 unspecified atom stereocenters. The third-order valence-corrected chi connectivity index (χ3v) is 5.73. The molecule has 4 aromatic rings. The summed E-state index contributed by atoms with van der Waals surface area (Å²) in [7, 11) is 1.89. The number of rotatable bonds is 7. The van der Waals surface area contributed by atoms with Crippen LogP contribution in [0.15, 0.2) is 48.7 Å². The SMILES string of the molecule is CCOc1ccc(Oc2cc(CNC(=O)c3cc4c(C)nn(C)c4s3)ccn2)cc1. The highest BCUT2D eigenvalue weighted by Crippen LogP contribution is 2.28. The van der Waals surface area contributed by atoms with E-state index in [1.807, 2.05) is 63.4 Å². The van der Waals surface area contributed by atoms with Crippen molar-refractivity contribution in [2.45, 2.75) is 20.4 Å². The number of benzene rings is 1. The summed E-state index contributed by atoms with van der Waals surface area (Å²) in [6.45, 7) is 4.89. The highest BCUT2D eigenvalue weighted by molar-refractivity contribution is 7.20. The highest BCUT2D eigenvalue weighted by Gasteiger charge is 2.15. The lowest BCUT2D eigenvalue weighted by molar-refractivity contribution is 0.0955. The van der Waals surface area contributed by atoms with Gasteiger partial charge in [-0.1, -0.05) is 0 Å². The van der Waals surface area contributed by atoms with Crippen LogP contribution in [0.2, 0.25) is 0 Å². The fourth-order valence-electron chi connectivity index (χ4n) is 3.09. The normalized spacial score (nSPS) is 10.9. The van der Waals surface area contributed by atoms with Gasteiger partial charge in [-0.2, -0.15) is 5.10 Å². The standard InChI is InChI=1S/C22H22N4O3S/c1-4-28-16-5-7-17(8-6-16)29-20-11-15(9-10-23-20)13-24-21(27)19-12-18-14(2)25-26(3)22(18)30-19/h5-12H,4,13H2,1-3H3,(H,24,27). The summed E-state index contributed by atoms with van der Waals surface area (Å²) < 4.78 is 13.1. The lowest BCUT2D eigenvalue weighted by Crippen LogP contribution is -2.21. The van der Waals surface area contributed by atoms with Crippen LogP contribution in [0.5, 0.6) is 17.4 Å². The summed E-state index contributed by atoms with van der Waals surface area (Å²) in [5.74, 6) is 1.82. The van der Waals surface area contributed by atoms with Crippen LogP contribution in [-0.4, -0.2) is 27.3 Å². The van der Waals surface area contributed by atoms with Gasteiger partial charge in [0, 0.05) is 31.2 Å². The van der Waals surface area contributed by atoms with E-state index in [4.69, 9.17) is 9.47 Å². The monoisotopic (exact) mass is 422 g/mol. The number of aryl methyl sites for hydroxylation is 2. The fraction of sp³-hybridized carbons (Fsp3) is 0.227. The Hall–Kier alpha value is -3.39. The van der Waals surface area contributed by atoms with Crippen molar-refractivity contribution in [3.8, 4) is 17.4 Å². The number of amides is 1. The maximum atomic E-state index is 12.6. The molecular weight excluding hydrogens is 400 g/mol. The number of pyridine rings is 1. The minimum absolute atomic E-state index is 0.110. The van der Waals surface area contributed by atoms with Crippen molar-refractivity contribution >= 4 is 27.5 Å². The van der Waals surface area contributed by atoms with Crippen LogP contribution in [-0.2, 0) is 13.6 Å². The largest absolute Gasteiger partial charge is 0.494 e. The summed E-state index contributed by atoms with van der Waals surface area (Å²) in [5, 5.41) is 8.35. The van der Waals surface area contributed by atoms with Gasteiger partial charge in [-0.05, 0) is 55.8 Å². The zero-order chi connectivity index (χ0) is 21.1. The predicted octanol–water partition coefficient (Wildman–Crippen LogP) is 4.46. The molecule has 0 atom stereocenters. The molecule has 1 aromatic carbocycles. The number of aromatic nitrogens is 3. The van der Waals surface area contributed by atoms with E-state index in [1.165, 1.54) is 11.3 Å². The lowest BCUT2D eigenvalue weighted by atomic mass is 10.2. The van der Waals surface area contributed by atoms with E-state index < -0.39 is 0 Å².